The molecule has 5 heteroatoms. The Morgan fingerprint density at radius 3 is 2.47 bits per heavy atom. The first-order valence-electron chi connectivity index (χ1n) is 6.10. The lowest BCUT2D eigenvalue weighted by Gasteiger charge is -2.38. The van der Waals surface area contributed by atoms with Crippen LogP contribution in [0.3, 0.4) is 0 Å². The number of carbonyl (C=O) groups excluding carboxylic acids is 1. The number of methoxy groups -OCH3 is 2. The predicted molar refractivity (Wildman–Crippen MR) is 75.0 cm³/mol. The molecule has 0 atom stereocenters. The van der Waals surface area contributed by atoms with E-state index in [-0.39, 0.29) is 0 Å². The Balaban J connectivity index is 2.62. The Kier molecular flexibility index (Phi) is 4.17. The molecule has 0 bridgehead atoms. The fourth-order valence-corrected chi connectivity index (χ4v) is 3.06. The summed E-state index contributed by atoms with van der Waals surface area (Å²) in [5, 5.41) is 0. The number of hydrogen-bond donors (Lipinski definition) is 0. The third-order valence-corrected chi connectivity index (χ3v) is 4.37. The van der Waals surface area contributed by atoms with Gasteiger partial charge in [-0.05, 0) is 37.7 Å². The highest BCUT2D eigenvalue weighted by Gasteiger charge is 2.42. The molecule has 0 spiro atoms. The first kappa shape index (κ1) is 14.0. The van der Waals surface area contributed by atoms with Crippen molar-refractivity contribution < 1.29 is 14.3 Å². The fraction of sp³-hybridized carbons (Fsp3) is 0.500. The third kappa shape index (κ3) is 2.36. The molecule has 102 valence electrons. The quantitative estimate of drug-likeness (QED) is 0.472. The summed E-state index contributed by atoms with van der Waals surface area (Å²) in [6.45, 7) is 0. The molecule has 1 aliphatic carbocycles. The summed E-state index contributed by atoms with van der Waals surface area (Å²) in [4.78, 5) is 15.8. The van der Waals surface area contributed by atoms with Crippen LogP contribution in [0.2, 0.25) is 0 Å². The molecule has 0 amide bonds. The van der Waals surface area contributed by atoms with Crippen molar-refractivity contribution in [1.29, 1.82) is 0 Å². The van der Waals surface area contributed by atoms with Crippen LogP contribution in [0.15, 0.2) is 22.0 Å². The average Bonchev–Trinajstić information content (AvgIpc) is 2.41. The van der Waals surface area contributed by atoms with Crippen LogP contribution in [0.5, 0.6) is 11.5 Å². The molecular formula is C14H17NO3S. The number of thioether (sulfide) groups is 1. The summed E-state index contributed by atoms with van der Waals surface area (Å²) in [6, 6.07) is 3.85. The van der Waals surface area contributed by atoms with Crippen LogP contribution in [0.1, 0.15) is 24.8 Å². The summed E-state index contributed by atoms with van der Waals surface area (Å²) < 4.78 is 10.9. The molecule has 19 heavy (non-hydrogen) atoms. The van der Waals surface area contributed by atoms with E-state index in [1.54, 1.807) is 32.1 Å². The molecule has 0 aromatic heterocycles. The van der Waals surface area contributed by atoms with Gasteiger partial charge in [-0.1, -0.05) is 0 Å². The number of benzene rings is 1. The van der Waals surface area contributed by atoms with Crippen molar-refractivity contribution >= 4 is 17.8 Å². The zero-order valence-electron chi connectivity index (χ0n) is 11.4. The van der Waals surface area contributed by atoms with E-state index in [0.29, 0.717) is 0 Å². The van der Waals surface area contributed by atoms with E-state index in [1.807, 2.05) is 18.4 Å². The van der Waals surface area contributed by atoms with Crippen LogP contribution >= 0.6 is 11.8 Å². The number of rotatable bonds is 5. The molecule has 0 heterocycles. The van der Waals surface area contributed by atoms with Crippen LogP contribution in [-0.2, 0) is 10.3 Å². The SMILES string of the molecule is COc1cc(SC)c(OC)c(C2(N=C=O)CCC2)c1. The van der Waals surface area contributed by atoms with Crippen LogP contribution < -0.4 is 9.47 Å². The summed E-state index contributed by atoms with van der Waals surface area (Å²) in [7, 11) is 3.27. The molecule has 0 saturated heterocycles. The lowest BCUT2D eigenvalue weighted by Crippen LogP contribution is -2.32. The molecule has 1 fully saturated rings. The summed E-state index contributed by atoms with van der Waals surface area (Å²) in [6.07, 6.45) is 6.44. The second kappa shape index (κ2) is 5.68. The molecule has 1 aromatic carbocycles. The first-order valence-corrected chi connectivity index (χ1v) is 7.33. The van der Waals surface area contributed by atoms with Crippen LogP contribution in [0.25, 0.3) is 0 Å². The van der Waals surface area contributed by atoms with Crippen molar-refractivity contribution in [3.05, 3.63) is 17.7 Å². The van der Waals surface area contributed by atoms with E-state index in [0.717, 1.165) is 41.2 Å². The van der Waals surface area contributed by atoms with Crippen LogP contribution in [-0.4, -0.2) is 26.6 Å². The lowest BCUT2D eigenvalue weighted by atomic mass is 9.72. The highest BCUT2D eigenvalue weighted by Crippen LogP contribution is 2.51. The van der Waals surface area contributed by atoms with Crippen molar-refractivity contribution in [3.8, 4) is 11.5 Å². The topological polar surface area (TPSA) is 47.9 Å². The summed E-state index contributed by atoms with van der Waals surface area (Å²) in [5.74, 6) is 1.54. The van der Waals surface area contributed by atoms with E-state index in [1.165, 1.54) is 0 Å². The van der Waals surface area contributed by atoms with E-state index in [4.69, 9.17) is 9.47 Å². The molecule has 2 rings (SSSR count). The van der Waals surface area contributed by atoms with Gasteiger partial charge in [-0.3, -0.25) is 0 Å². The van der Waals surface area contributed by atoms with Crippen molar-refractivity contribution in [2.24, 2.45) is 4.99 Å². The van der Waals surface area contributed by atoms with Gasteiger partial charge in [0.05, 0.1) is 19.1 Å². The number of hydrogen-bond acceptors (Lipinski definition) is 5. The van der Waals surface area contributed by atoms with Gasteiger partial charge in [0.1, 0.15) is 17.0 Å². The highest BCUT2D eigenvalue weighted by atomic mass is 32.2. The Morgan fingerprint density at radius 2 is 2.05 bits per heavy atom. The monoisotopic (exact) mass is 279 g/mol. The molecule has 0 unspecified atom stereocenters. The Labute approximate surface area is 117 Å². The molecule has 1 aliphatic rings. The Bertz CT molecular complexity index is 520. The number of isocyanates is 1. The third-order valence-electron chi connectivity index (χ3n) is 3.63. The maximum absolute atomic E-state index is 10.7. The molecule has 0 N–H and O–H groups in total. The Hall–Kier alpha value is -1.45. The predicted octanol–water partition coefficient (Wildman–Crippen LogP) is 3.14. The minimum Gasteiger partial charge on any atom is -0.497 e. The molecule has 1 saturated carbocycles. The number of aliphatic imine (C=N–C) groups is 1. The zero-order chi connectivity index (χ0) is 13.9. The van der Waals surface area contributed by atoms with Gasteiger partial charge in [0, 0.05) is 5.56 Å². The van der Waals surface area contributed by atoms with Gasteiger partial charge >= 0.3 is 0 Å². The zero-order valence-corrected chi connectivity index (χ0v) is 12.2. The molecule has 0 aliphatic heterocycles. The molecular weight excluding hydrogens is 262 g/mol. The van der Waals surface area contributed by atoms with Crippen molar-refractivity contribution in [3.63, 3.8) is 0 Å². The average molecular weight is 279 g/mol. The van der Waals surface area contributed by atoms with Gasteiger partial charge in [0.15, 0.2) is 0 Å². The lowest BCUT2D eigenvalue weighted by molar-refractivity contribution is 0.243. The van der Waals surface area contributed by atoms with Crippen molar-refractivity contribution in [2.75, 3.05) is 20.5 Å². The standard InChI is InChI=1S/C14H17NO3S/c1-17-10-7-11(13(18-2)12(8-10)19-3)14(15-9-16)5-4-6-14/h7-8H,4-6H2,1-3H3. The molecule has 4 nitrogen and oxygen atoms in total. The van der Waals surface area contributed by atoms with Crippen molar-refractivity contribution in [1.82, 2.24) is 0 Å². The fourth-order valence-electron chi connectivity index (χ4n) is 2.44. The van der Waals surface area contributed by atoms with Crippen LogP contribution in [0.4, 0.5) is 0 Å². The highest BCUT2D eigenvalue weighted by molar-refractivity contribution is 7.98. The van der Waals surface area contributed by atoms with E-state index in [2.05, 4.69) is 4.99 Å². The second-order valence-corrected chi connectivity index (χ2v) is 5.35. The van der Waals surface area contributed by atoms with Gasteiger partial charge in [-0.2, -0.15) is 4.99 Å². The van der Waals surface area contributed by atoms with Crippen molar-refractivity contribution in [2.45, 2.75) is 29.7 Å². The first-order chi connectivity index (χ1) is 9.20. The number of nitrogens with zero attached hydrogens (tertiary/aromatic N) is 1. The normalized spacial score (nSPS) is 16.2. The number of ether oxygens (including phenoxy) is 2. The molecule has 0 radical (unpaired) electrons. The maximum Gasteiger partial charge on any atom is 0.235 e. The van der Waals surface area contributed by atoms with E-state index >= 15 is 0 Å². The van der Waals surface area contributed by atoms with E-state index in [9.17, 15) is 4.79 Å². The van der Waals surface area contributed by atoms with Gasteiger partial charge in [0.25, 0.3) is 0 Å². The summed E-state index contributed by atoms with van der Waals surface area (Å²) in [5.41, 5.74) is 0.444. The molecule has 1 aromatic rings. The largest absolute Gasteiger partial charge is 0.497 e. The maximum atomic E-state index is 10.7. The minimum atomic E-state index is -0.480. The van der Waals surface area contributed by atoms with Crippen LogP contribution in [0, 0.1) is 0 Å². The smallest absolute Gasteiger partial charge is 0.235 e. The minimum absolute atomic E-state index is 0.480. The van der Waals surface area contributed by atoms with Gasteiger partial charge < -0.3 is 9.47 Å². The van der Waals surface area contributed by atoms with Gasteiger partial charge in [-0.15, -0.1) is 11.8 Å². The van der Waals surface area contributed by atoms with E-state index < -0.39 is 5.54 Å². The van der Waals surface area contributed by atoms with Gasteiger partial charge in [0.2, 0.25) is 6.08 Å². The van der Waals surface area contributed by atoms with Gasteiger partial charge in [-0.25, -0.2) is 4.79 Å². The summed E-state index contributed by atoms with van der Waals surface area (Å²) >= 11 is 1.59. The Morgan fingerprint density at radius 1 is 1.32 bits per heavy atom. The second-order valence-electron chi connectivity index (χ2n) is 4.50.